The van der Waals surface area contributed by atoms with Gasteiger partial charge in [-0.3, -0.25) is 4.79 Å². The van der Waals surface area contributed by atoms with Gasteiger partial charge >= 0.3 is 5.97 Å². The van der Waals surface area contributed by atoms with Crippen molar-refractivity contribution in [3.8, 4) is 0 Å². The van der Waals surface area contributed by atoms with E-state index in [1.165, 1.54) is 0 Å². The summed E-state index contributed by atoms with van der Waals surface area (Å²) in [5.41, 5.74) is 0.993. The van der Waals surface area contributed by atoms with Crippen molar-refractivity contribution in [2.45, 2.75) is 32.6 Å². The smallest absolute Gasteiger partial charge is 0.305 e. The summed E-state index contributed by atoms with van der Waals surface area (Å²) in [4.78, 5) is 19.2. The quantitative estimate of drug-likeness (QED) is 0.704. The molecule has 0 amide bonds. The van der Waals surface area contributed by atoms with Crippen molar-refractivity contribution < 1.29 is 9.90 Å². The molecule has 0 radical (unpaired) electrons. The van der Waals surface area contributed by atoms with Gasteiger partial charge < -0.3 is 14.9 Å². The normalized spacial score (nSPS) is 10.3. The van der Waals surface area contributed by atoms with E-state index in [1.807, 2.05) is 37.3 Å². The highest BCUT2D eigenvalue weighted by Gasteiger charge is 2.09. The first-order valence-electron chi connectivity index (χ1n) is 7.14. The third kappa shape index (κ3) is 5.47. The molecule has 5 heteroatoms. The summed E-state index contributed by atoms with van der Waals surface area (Å²) in [5, 5.41) is 8.85. The number of unbranched alkanes of at least 4 members (excludes halogenated alkanes) is 2. The monoisotopic (exact) mass is 279 g/mol. The molecule has 1 aromatic heterocycles. The number of hydrogen-bond acceptors (Lipinski definition) is 4. The highest BCUT2D eigenvalue weighted by atomic mass is 16.4. The average Bonchev–Trinajstić information content (AvgIpc) is 2.42. The summed E-state index contributed by atoms with van der Waals surface area (Å²) in [5.74, 6) is 0.142. The van der Waals surface area contributed by atoms with Gasteiger partial charge in [0.05, 0.1) is 18.3 Å². The molecule has 0 fully saturated rings. The molecule has 0 bridgehead atoms. The van der Waals surface area contributed by atoms with Crippen LogP contribution in [0.3, 0.4) is 0 Å². The van der Waals surface area contributed by atoms with Crippen LogP contribution in [0.4, 0.5) is 11.5 Å². The molecule has 0 spiro atoms. The van der Waals surface area contributed by atoms with Crippen LogP contribution in [0.25, 0.3) is 0 Å². The van der Waals surface area contributed by atoms with Crippen molar-refractivity contribution in [1.82, 2.24) is 4.98 Å². The third-order valence-corrected chi connectivity index (χ3v) is 3.18. The van der Waals surface area contributed by atoms with Gasteiger partial charge in [-0.1, -0.05) is 19.8 Å². The van der Waals surface area contributed by atoms with E-state index < -0.39 is 5.97 Å². The second-order valence-electron chi connectivity index (χ2n) is 5.11. The Labute approximate surface area is 121 Å². The first-order valence-corrected chi connectivity index (χ1v) is 7.14. The predicted octanol–water partition coefficient (Wildman–Crippen LogP) is 2.62. The molecule has 0 saturated carbocycles. The largest absolute Gasteiger partial charge is 0.481 e. The average molecular weight is 279 g/mol. The fraction of sp³-hybridized carbons (Fsp3) is 0.600. The van der Waals surface area contributed by atoms with E-state index >= 15 is 0 Å². The molecule has 5 nitrogen and oxygen atoms in total. The number of pyridine rings is 1. The molecule has 112 valence electrons. The van der Waals surface area contributed by atoms with Gasteiger partial charge in [0.2, 0.25) is 0 Å². The number of rotatable bonds is 9. The summed E-state index contributed by atoms with van der Waals surface area (Å²) in [6.07, 6.45) is 5.37. The lowest BCUT2D eigenvalue weighted by molar-refractivity contribution is -0.136. The number of aromatic nitrogens is 1. The predicted molar refractivity (Wildman–Crippen MR) is 82.6 cm³/mol. The number of carboxylic acids is 1. The zero-order valence-electron chi connectivity index (χ0n) is 12.7. The lowest BCUT2D eigenvalue weighted by Gasteiger charge is -2.24. The van der Waals surface area contributed by atoms with Gasteiger partial charge in [0.25, 0.3) is 0 Å². The van der Waals surface area contributed by atoms with E-state index in [9.17, 15) is 4.79 Å². The van der Waals surface area contributed by atoms with Crippen LogP contribution in [0.2, 0.25) is 0 Å². The molecule has 0 atom stereocenters. The molecule has 1 rings (SSSR count). The molecule has 0 saturated heterocycles. The van der Waals surface area contributed by atoms with Crippen molar-refractivity contribution in [3.05, 3.63) is 18.3 Å². The van der Waals surface area contributed by atoms with Gasteiger partial charge in [0, 0.05) is 27.2 Å². The van der Waals surface area contributed by atoms with Crippen LogP contribution in [-0.2, 0) is 4.79 Å². The maximum absolute atomic E-state index is 10.8. The Kier molecular flexibility index (Phi) is 6.84. The zero-order chi connectivity index (χ0) is 15.0. The standard InChI is InChI=1S/C15H25N3O2/c1-4-5-6-10-18(11-9-15(19)20)13-7-8-14(16-12-13)17(2)3/h7-8,12H,4-6,9-11H2,1-3H3,(H,19,20). The molecule has 0 aliphatic rings. The van der Waals surface area contributed by atoms with Crippen molar-refractivity contribution >= 4 is 17.5 Å². The van der Waals surface area contributed by atoms with Crippen molar-refractivity contribution in [2.75, 3.05) is 37.0 Å². The number of nitrogens with zero attached hydrogens (tertiary/aromatic N) is 3. The van der Waals surface area contributed by atoms with E-state index in [1.54, 1.807) is 0 Å². The minimum absolute atomic E-state index is 0.154. The Morgan fingerprint density at radius 1 is 1.25 bits per heavy atom. The van der Waals surface area contributed by atoms with Crippen molar-refractivity contribution in [1.29, 1.82) is 0 Å². The number of carbonyl (C=O) groups is 1. The number of hydrogen-bond donors (Lipinski definition) is 1. The first kappa shape index (κ1) is 16.3. The highest BCUT2D eigenvalue weighted by molar-refractivity contribution is 5.67. The second kappa shape index (κ2) is 8.40. The topological polar surface area (TPSA) is 56.7 Å². The maximum Gasteiger partial charge on any atom is 0.305 e. The Hall–Kier alpha value is -1.78. The van der Waals surface area contributed by atoms with Crippen LogP contribution >= 0.6 is 0 Å². The van der Waals surface area contributed by atoms with Gasteiger partial charge in [0.1, 0.15) is 5.82 Å². The first-order chi connectivity index (χ1) is 9.54. The maximum atomic E-state index is 10.8. The zero-order valence-corrected chi connectivity index (χ0v) is 12.7. The lowest BCUT2D eigenvalue weighted by Crippen LogP contribution is -2.27. The molecule has 1 aromatic rings. The van der Waals surface area contributed by atoms with Crippen LogP contribution in [0.15, 0.2) is 18.3 Å². The number of aliphatic carboxylic acids is 1. The Morgan fingerprint density at radius 2 is 2.00 bits per heavy atom. The Bertz CT molecular complexity index is 404. The van der Waals surface area contributed by atoms with E-state index in [-0.39, 0.29) is 6.42 Å². The molecule has 20 heavy (non-hydrogen) atoms. The number of carboxylic acid groups (broad SMARTS) is 1. The fourth-order valence-electron chi connectivity index (χ4n) is 1.98. The minimum atomic E-state index is -0.761. The lowest BCUT2D eigenvalue weighted by atomic mass is 10.2. The van der Waals surface area contributed by atoms with Gasteiger partial charge in [0.15, 0.2) is 0 Å². The molecular formula is C15H25N3O2. The van der Waals surface area contributed by atoms with Crippen LogP contribution in [0, 0.1) is 0 Å². The van der Waals surface area contributed by atoms with Crippen LogP contribution in [0.5, 0.6) is 0 Å². The molecule has 0 aliphatic carbocycles. The number of anilines is 2. The molecule has 0 aromatic carbocycles. The molecular weight excluding hydrogens is 254 g/mol. The Balaban J connectivity index is 2.71. The summed E-state index contributed by atoms with van der Waals surface area (Å²) in [6, 6.07) is 3.97. The second-order valence-corrected chi connectivity index (χ2v) is 5.11. The van der Waals surface area contributed by atoms with E-state index in [0.717, 1.165) is 37.3 Å². The molecule has 1 heterocycles. The van der Waals surface area contributed by atoms with Gasteiger partial charge in [-0.25, -0.2) is 4.98 Å². The van der Waals surface area contributed by atoms with Gasteiger partial charge in [-0.2, -0.15) is 0 Å². The summed E-state index contributed by atoms with van der Waals surface area (Å²) in [7, 11) is 3.90. The summed E-state index contributed by atoms with van der Waals surface area (Å²) in [6.45, 7) is 3.57. The Morgan fingerprint density at radius 3 is 2.50 bits per heavy atom. The van der Waals surface area contributed by atoms with Gasteiger partial charge in [-0.05, 0) is 18.6 Å². The van der Waals surface area contributed by atoms with E-state index in [2.05, 4.69) is 16.8 Å². The minimum Gasteiger partial charge on any atom is -0.481 e. The van der Waals surface area contributed by atoms with Crippen molar-refractivity contribution in [3.63, 3.8) is 0 Å². The molecule has 0 unspecified atom stereocenters. The molecule has 1 N–H and O–H groups in total. The van der Waals surface area contributed by atoms with Crippen LogP contribution in [-0.4, -0.2) is 43.2 Å². The van der Waals surface area contributed by atoms with Crippen LogP contribution in [0.1, 0.15) is 32.6 Å². The summed E-state index contributed by atoms with van der Waals surface area (Å²) < 4.78 is 0. The molecule has 0 aliphatic heterocycles. The fourth-order valence-corrected chi connectivity index (χ4v) is 1.98. The highest BCUT2D eigenvalue weighted by Crippen LogP contribution is 2.17. The van der Waals surface area contributed by atoms with E-state index in [0.29, 0.717) is 6.54 Å². The SMILES string of the molecule is CCCCCN(CCC(=O)O)c1ccc(N(C)C)nc1. The third-order valence-electron chi connectivity index (χ3n) is 3.18. The van der Waals surface area contributed by atoms with Crippen LogP contribution < -0.4 is 9.80 Å². The van der Waals surface area contributed by atoms with Gasteiger partial charge in [-0.15, -0.1) is 0 Å². The van der Waals surface area contributed by atoms with Crippen molar-refractivity contribution in [2.24, 2.45) is 0 Å². The van der Waals surface area contributed by atoms with E-state index in [4.69, 9.17) is 5.11 Å². The summed E-state index contributed by atoms with van der Waals surface area (Å²) >= 11 is 0.